The summed E-state index contributed by atoms with van der Waals surface area (Å²) in [4.78, 5) is 0. The second kappa shape index (κ2) is 8.54. The largest absolute Gasteiger partial charge is 0.481 e. The fourth-order valence-corrected chi connectivity index (χ4v) is 2.16. The highest BCUT2D eigenvalue weighted by Crippen LogP contribution is 2.12. The zero-order chi connectivity index (χ0) is 17.4. The number of ether oxygens (including phenoxy) is 1. The van der Waals surface area contributed by atoms with Gasteiger partial charge in [-0.2, -0.15) is 0 Å². The monoisotopic (exact) mass is 323 g/mol. The van der Waals surface area contributed by atoms with Gasteiger partial charge in [-0.1, -0.05) is 41.7 Å². The Hall–Kier alpha value is -2.28. The Morgan fingerprint density at radius 1 is 1.08 bits per heavy atom. The average Bonchev–Trinajstić information content (AvgIpc) is 2.59. The molecule has 0 aliphatic carbocycles. The molecule has 0 saturated heterocycles. The van der Waals surface area contributed by atoms with Crippen LogP contribution in [0, 0.1) is 18.8 Å². The molecule has 3 nitrogen and oxygen atoms in total. The van der Waals surface area contributed by atoms with Crippen LogP contribution in [0.3, 0.4) is 0 Å². The first-order chi connectivity index (χ1) is 11.5. The summed E-state index contributed by atoms with van der Waals surface area (Å²) in [6, 6.07) is 16.0. The van der Waals surface area contributed by atoms with Crippen LogP contribution in [0.15, 0.2) is 48.5 Å². The third-order valence-electron chi connectivity index (χ3n) is 3.86. The first-order valence-electron chi connectivity index (χ1n) is 8.15. The van der Waals surface area contributed by atoms with Crippen molar-refractivity contribution in [2.24, 2.45) is 5.73 Å². The number of aryl methyl sites for hydroxylation is 2. The minimum Gasteiger partial charge on any atom is -0.481 e. The third kappa shape index (κ3) is 6.08. The van der Waals surface area contributed by atoms with Crippen molar-refractivity contribution in [3.05, 3.63) is 65.2 Å². The van der Waals surface area contributed by atoms with Gasteiger partial charge in [0.1, 0.15) is 12.4 Å². The van der Waals surface area contributed by atoms with Crippen LogP contribution in [0.5, 0.6) is 5.75 Å². The van der Waals surface area contributed by atoms with Gasteiger partial charge in [0.15, 0.2) is 0 Å². The maximum Gasteiger partial charge on any atom is 0.149 e. The van der Waals surface area contributed by atoms with Crippen LogP contribution in [-0.2, 0) is 6.42 Å². The van der Waals surface area contributed by atoms with Gasteiger partial charge >= 0.3 is 0 Å². The summed E-state index contributed by atoms with van der Waals surface area (Å²) in [6.45, 7) is 4.27. The van der Waals surface area contributed by atoms with E-state index in [1.165, 1.54) is 11.1 Å². The van der Waals surface area contributed by atoms with Gasteiger partial charge in [-0.3, -0.25) is 0 Å². The third-order valence-corrected chi connectivity index (χ3v) is 3.86. The van der Waals surface area contributed by atoms with Crippen LogP contribution in [0.2, 0.25) is 0 Å². The van der Waals surface area contributed by atoms with E-state index < -0.39 is 5.54 Å². The van der Waals surface area contributed by atoms with Crippen LogP contribution in [0.4, 0.5) is 0 Å². The maximum atomic E-state index is 9.18. The van der Waals surface area contributed by atoms with Crippen LogP contribution in [0.25, 0.3) is 0 Å². The molecule has 1 unspecified atom stereocenters. The number of hydrogen-bond donors (Lipinski definition) is 2. The van der Waals surface area contributed by atoms with Gasteiger partial charge in [0.2, 0.25) is 0 Å². The van der Waals surface area contributed by atoms with E-state index in [0.717, 1.165) is 24.2 Å². The Morgan fingerprint density at radius 3 is 2.38 bits per heavy atom. The van der Waals surface area contributed by atoms with Gasteiger partial charge in [0, 0.05) is 11.1 Å². The molecule has 0 spiro atoms. The molecule has 24 heavy (non-hydrogen) atoms. The van der Waals surface area contributed by atoms with Crippen molar-refractivity contribution in [1.29, 1.82) is 0 Å². The SMILES string of the molecule is Cc1ccc(OCC#Cc2ccc(CCC(C)(N)CO)cc2)cc1. The Kier molecular flexibility index (Phi) is 6.43. The van der Waals surface area contributed by atoms with Crippen LogP contribution in [-0.4, -0.2) is 23.9 Å². The molecule has 0 saturated carbocycles. The minimum atomic E-state index is -0.522. The van der Waals surface area contributed by atoms with Crippen molar-refractivity contribution in [3.8, 4) is 17.6 Å². The van der Waals surface area contributed by atoms with Crippen molar-refractivity contribution in [2.75, 3.05) is 13.2 Å². The first-order valence-corrected chi connectivity index (χ1v) is 8.15. The van der Waals surface area contributed by atoms with Crippen molar-refractivity contribution in [1.82, 2.24) is 0 Å². The van der Waals surface area contributed by atoms with Gasteiger partial charge in [-0.15, -0.1) is 0 Å². The molecular weight excluding hydrogens is 298 g/mol. The zero-order valence-electron chi connectivity index (χ0n) is 14.4. The van der Waals surface area contributed by atoms with E-state index >= 15 is 0 Å². The Labute approximate surface area is 144 Å². The van der Waals surface area contributed by atoms with E-state index in [0.29, 0.717) is 6.61 Å². The molecule has 0 fully saturated rings. The summed E-state index contributed by atoms with van der Waals surface area (Å²) >= 11 is 0. The average molecular weight is 323 g/mol. The van der Waals surface area contributed by atoms with E-state index in [-0.39, 0.29) is 6.61 Å². The summed E-state index contributed by atoms with van der Waals surface area (Å²) in [5.74, 6) is 6.95. The number of hydrogen-bond acceptors (Lipinski definition) is 3. The standard InChI is InChI=1S/C21H25NO2/c1-17-5-11-20(12-6-17)24-15-3-4-18-7-9-19(10-8-18)13-14-21(2,22)16-23/h5-12,23H,13-16,22H2,1-2H3. The highest BCUT2D eigenvalue weighted by atomic mass is 16.5. The van der Waals surface area contributed by atoms with E-state index in [2.05, 4.69) is 24.0 Å². The number of aliphatic hydroxyl groups is 1. The molecule has 126 valence electrons. The van der Waals surface area contributed by atoms with Gasteiger partial charge in [0.25, 0.3) is 0 Å². The van der Waals surface area contributed by atoms with E-state index in [1.807, 2.05) is 50.2 Å². The van der Waals surface area contributed by atoms with Crippen LogP contribution >= 0.6 is 0 Å². The maximum absolute atomic E-state index is 9.18. The predicted octanol–water partition coefficient (Wildman–Crippen LogP) is 3.07. The van der Waals surface area contributed by atoms with E-state index in [1.54, 1.807) is 0 Å². The van der Waals surface area contributed by atoms with Gasteiger partial charge in [-0.05, 0) is 56.5 Å². The summed E-state index contributed by atoms with van der Waals surface area (Å²) in [7, 11) is 0. The van der Waals surface area contributed by atoms with Gasteiger partial charge in [0.05, 0.1) is 6.61 Å². The predicted molar refractivity (Wildman–Crippen MR) is 98.0 cm³/mol. The summed E-state index contributed by atoms with van der Waals surface area (Å²) in [6.07, 6.45) is 1.59. The second-order valence-electron chi connectivity index (χ2n) is 6.41. The lowest BCUT2D eigenvalue weighted by molar-refractivity contribution is 0.200. The topological polar surface area (TPSA) is 55.5 Å². The molecule has 0 aliphatic heterocycles. The van der Waals surface area contributed by atoms with E-state index in [9.17, 15) is 5.11 Å². The van der Waals surface area contributed by atoms with Crippen LogP contribution in [0.1, 0.15) is 30.0 Å². The Morgan fingerprint density at radius 2 is 1.75 bits per heavy atom. The molecule has 0 bridgehead atoms. The first kappa shape index (κ1) is 18.1. The molecule has 1 atom stereocenters. The number of benzene rings is 2. The fraction of sp³-hybridized carbons (Fsp3) is 0.333. The zero-order valence-corrected chi connectivity index (χ0v) is 14.4. The molecule has 2 rings (SSSR count). The molecule has 3 heteroatoms. The molecule has 0 radical (unpaired) electrons. The fourth-order valence-electron chi connectivity index (χ4n) is 2.16. The Bertz CT molecular complexity index is 691. The van der Waals surface area contributed by atoms with Gasteiger partial charge in [-0.25, -0.2) is 0 Å². The normalized spacial score (nSPS) is 12.8. The second-order valence-corrected chi connectivity index (χ2v) is 6.41. The minimum absolute atomic E-state index is 0.00244. The summed E-state index contributed by atoms with van der Waals surface area (Å²) in [5, 5.41) is 9.18. The highest BCUT2D eigenvalue weighted by Gasteiger charge is 2.16. The molecule has 2 aromatic rings. The van der Waals surface area contributed by atoms with Crippen molar-refractivity contribution < 1.29 is 9.84 Å². The quantitative estimate of drug-likeness (QED) is 0.803. The molecule has 2 aromatic carbocycles. The molecule has 0 aromatic heterocycles. The van der Waals surface area contributed by atoms with Crippen molar-refractivity contribution in [3.63, 3.8) is 0 Å². The van der Waals surface area contributed by atoms with Crippen molar-refractivity contribution >= 4 is 0 Å². The molecule has 0 heterocycles. The summed E-state index contributed by atoms with van der Waals surface area (Å²) < 4.78 is 5.58. The number of nitrogens with two attached hydrogens (primary N) is 1. The van der Waals surface area contributed by atoms with E-state index in [4.69, 9.17) is 10.5 Å². The Balaban J connectivity index is 1.82. The number of aliphatic hydroxyl groups excluding tert-OH is 1. The lowest BCUT2D eigenvalue weighted by Crippen LogP contribution is -2.40. The van der Waals surface area contributed by atoms with Gasteiger partial charge < -0.3 is 15.6 Å². The molecular formula is C21H25NO2. The summed E-state index contributed by atoms with van der Waals surface area (Å²) in [5.41, 5.74) is 8.79. The smallest absolute Gasteiger partial charge is 0.149 e. The van der Waals surface area contributed by atoms with Crippen LogP contribution < -0.4 is 10.5 Å². The lowest BCUT2D eigenvalue weighted by atomic mass is 9.95. The molecule has 0 aliphatic rings. The van der Waals surface area contributed by atoms with Crippen molar-refractivity contribution in [2.45, 2.75) is 32.2 Å². The molecule has 3 N–H and O–H groups in total. The lowest BCUT2D eigenvalue weighted by Gasteiger charge is -2.21. The molecule has 0 amide bonds. The number of rotatable bonds is 6. The highest BCUT2D eigenvalue weighted by molar-refractivity contribution is 5.36.